The van der Waals surface area contributed by atoms with Crippen LogP contribution < -0.4 is 0 Å². The van der Waals surface area contributed by atoms with E-state index in [4.69, 9.17) is 0 Å². The highest BCUT2D eigenvalue weighted by molar-refractivity contribution is 8.08. The van der Waals surface area contributed by atoms with E-state index in [1.807, 2.05) is 0 Å². The molecule has 1 amide bonds. The summed E-state index contributed by atoms with van der Waals surface area (Å²) in [6, 6.07) is 9.26. The summed E-state index contributed by atoms with van der Waals surface area (Å²) in [5.74, 6) is -1.75. The monoisotopic (exact) mass is 366 g/mol. The van der Waals surface area contributed by atoms with Crippen LogP contribution in [0.15, 0.2) is 57.2 Å². The van der Waals surface area contributed by atoms with Crippen LogP contribution in [-0.4, -0.2) is 44.3 Å². The first-order valence-electron chi connectivity index (χ1n) is 6.67. The molecular weight excluding hydrogens is 352 g/mol. The van der Waals surface area contributed by atoms with Gasteiger partial charge >= 0.3 is 5.97 Å². The zero-order valence-electron chi connectivity index (χ0n) is 12.9. The van der Waals surface area contributed by atoms with Crippen molar-refractivity contribution in [2.45, 2.75) is 4.90 Å². The van der Waals surface area contributed by atoms with Crippen molar-refractivity contribution in [3.05, 3.63) is 52.7 Å². The topological polar surface area (TPSA) is 93.1 Å². The van der Waals surface area contributed by atoms with Gasteiger partial charge in [0.15, 0.2) is 0 Å². The van der Waals surface area contributed by atoms with Crippen LogP contribution in [0.3, 0.4) is 0 Å². The van der Waals surface area contributed by atoms with Crippen LogP contribution in [0, 0.1) is 0 Å². The summed E-state index contributed by atoms with van der Waals surface area (Å²) in [7, 11) is -1.44. The molecule has 1 aromatic heterocycles. The van der Waals surface area contributed by atoms with Gasteiger partial charge in [-0.3, -0.25) is 4.79 Å². The third-order valence-electron chi connectivity index (χ3n) is 2.87. The molecule has 7 nitrogen and oxygen atoms in total. The molecule has 0 aliphatic heterocycles. The molecule has 24 heavy (non-hydrogen) atoms. The number of carbonyl (C=O) groups excluding carboxylic acids is 2. The molecule has 0 spiro atoms. The van der Waals surface area contributed by atoms with E-state index in [9.17, 15) is 18.0 Å². The van der Waals surface area contributed by atoms with Crippen LogP contribution >= 0.6 is 11.3 Å². The molecule has 2 rings (SSSR count). The number of oxime groups is 1. The maximum Gasteiger partial charge on any atom is 0.365 e. The first kappa shape index (κ1) is 17.8. The van der Waals surface area contributed by atoms with Gasteiger partial charge in [-0.1, -0.05) is 23.4 Å². The number of amides is 1. The number of hydrogen-bond acceptors (Lipinski definition) is 7. The molecule has 1 heterocycles. The minimum atomic E-state index is -4.19. The maximum absolute atomic E-state index is 12.5. The number of rotatable bonds is 3. The lowest BCUT2D eigenvalue weighted by Crippen LogP contribution is -2.35. The fraction of sp³-hybridized carbons (Fsp3) is 0.133. The Balaban J connectivity index is 2.37. The Morgan fingerprint density at radius 3 is 2.33 bits per heavy atom. The highest BCUT2D eigenvalue weighted by atomic mass is 32.2. The molecule has 0 aliphatic rings. The molecule has 2 aromatic rings. The van der Waals surface area contributed by atoms with Crippen LogP contribution in [0.1, 0.15) is 10.4 Å². The highest BCUT2D eigenvalue weighted by Gasteiger charge is 2.32. The van der Waals surface area contributed by atoms with Gasteiger partial charge in [0.25, 0.3) is 11.0 Å². The van der Waals surface area contributed by atoms with Crippen molar-refractivity contribution in [1.82, 2.24) is 4.90 Å². The second kappa shape index (κ2) is 7.37. The van der Waals surface area contributed by atoms with Crippen molar-refractivity contribution in [3.63, 3.8) is 0 Å². The van der Waals surface area contributed by atoms with Crippen molar-refractivity contribution in [1.29, 1.82) is 0 Å². The van der Waals surface area contributed by atoms with Crippen LogP contribution in [-0.2, 0) is 19.5 Å². The van der Waals surface area contributed by atoms with E-state index in [-0.39, 0.29) is 10.5 Å². The van der Waals surface area contributed by atoms with E-state index in [2.05, 4.69) is 9.99 Å². The Morgan fingerprint density at radius 2 is 1.79 bits per heavy atom. The average molecular weight is 366 g/mol. The molecule has 0 bridgehead atoms. The fourth-order valence-electron chi connectivity index (χ4n) is 1.62. The Labute approximate surface area is 143 Å². The lowest BCUT2D eigenvalue weighted by Gasteiger charge is -2.11. The van der Waals surface area contributed by atoms with Crippen LogP contribution in [0.5, 0.6) is 0 Å². The number of sulfone groups is 1. The Bertz CT molecular complexity index is 857. The summed E-state index contributed by atoms with van der Waals surface area (Å²) in [4.78, 5) is 29.7. The van der Waals surface area contributed by atoms with Gasteiger partial charge in [0.05, 0.1) is 10.5 Å². The van der Waals surface area contributed by atoms with Gasteiger partial charge in [-0.05, 0) is 23.6 Å². The van der Waals surface area contributed by atoms with Crippen molar-refractivity contribution in [3.8, 4) is 0 Å². The normalized spacial score (nSPS) is 11.8. The second-order valence-electron chi connectivity index (χ2n) is 4.80. The molecule has 0 N–H and O–H groups in total. The van der Waals surface area contributed by atoms with Crippen molar-refractivity contribution < 1.29 is 22.8 Å². The van der Waals surface area contributed by atoms with Crippen LogP contribution in [0.2, 0.25) is 0 Å². The SMILES string of the molecule is CN(C)C(=O)/C(=N\OC(=O)c1ccccc1)S(=O)(=O)c1ccsc1. The lowest BCUT2D eigenvalue weighted by atomic mass is 10.2. The van der Waals surface area contributed by atoms with E-state index in [1.54, 1.807) is 23.6 Å². The third-order valence-corrected chi connectivity index (χ3v) is 5.34. The molecule has 9 heteroatoms. The largest absolute Gasteiger partial charge is 0.365 e. The number of thiophene rings is 1. The Kier molecular flexibility index (Phi) is 5.47. The predicted octanol–water partition coefficient (Wildman–Crippen LogP) is 1.78. The van der Waals surface area contributed by atoms with Crippen LogP contribution in [0.25, 0.3) is 0 Å². The molecular formula is C15H14N2O5S2. The minimum absolute atomic E-state index is 0.0859. The summed E-state index contributed by atoms with van der Waals surface area (Å²) >= 11 is 1.16. The summed E-state index contributed by atoms with van der Waals surface area (Å²) in [6.07, 6.45) is 0. The molecule has 0 radical (unpaired) electrons. The summed E-state index contributed by atoms with van der Waals surface area (Å²) in [6.45, 7) is 0. The van der Waals surface area contributed by atoms with E-state index in [0.29, 0.717) is 0 Å². The molecule has 126 valence electrons. The molecule has 0 saturated carbocycles. The van der Waals surface area contributed by atoms with E-state index in [1.165, 1.54) is 37.7 Å². The summed E-state index contributed by atoms with van der Waals surface area (Å²) < 4.78 is 25.1. The van der Waals surface area contributed by atoms with Gasteiger partial charge in [-0.25, -0.2) is 13.2 Å². The molecule has 0 unspecified atom stereocenters. The van der Waals surface area contributed by atoms with Gasteiger partial charge in [0.1, 0.15) is 0 Å². The van der Waals surface area contributed by atoms with Gasteiger partial charge in [-0.2, -0.15) is 11.3 Å². The molecule has 0 aliphatic carbocycles. The first-order chi connectivity index (χ1) is 11.3. The quantitative estimate of drug-likeness (QED) is 0.357. The first-order valence-corrected chi connectivity index (χ1v) is 9.10. The van der Waals surface area contributed by atoms with Gasteiger partial charge in [0, 0.05) is 19.5 Å². The number of benzene rings is 1. The van der Waals surface area contributed by atoms with Gasteiger partial charge < -0.3 is 9.74 Å². The number of carbonyl (C=O) groups is 2. The summed E-state index contributed by atoms with van der Waals surface area (Å²) in [5, 5.41) is 5.41. The Hall–Kier alpha value is -2.52. The van der Waals surface area contributed by atoms with E-state index in [0.717, 1.165) is 16.2 Å². The predicted molar refractivity (Wildman–Crippen MR) is 89.5 cm³/mol. The fourth-order valence-corrected chi connectivity index (χ4v) is 3.91. The second-order valence-corrected chi connectivity index (χ2v) is 7.45. The number of hydrogen-bond donors (Lipinski definition) is 0. The minimum Gasteiger partial charge on any atom is -0.343 e. The lowest BCUT2D eigenvalue weighted by molar-refractivity contribution is -0.121. The molecule has 0 atom stereocenters. The van der Waals surface area contributed by atoms with E-state index < -0.39 is 26.8 Å². The highest BCUT2D eigenvalue weighted by Crippen LogP contribution is 2.17. The summed E-state index contributed by atoms with van der Waals surface area (Å²) in [5.41, 5.74) is 0.186. The maximum atomic E-state index is 12.5. The number of nitrogens with zero attached hydrogens (tertiary/aromatic N) is 2. The standard InChI is InChI=1S/C15H14N2O5S2/c1-17(2)14(18)13(24(20,21)12-8-9-23-10-12)16-22-15(19)11-6-4-3-5-7-11/h3-10H,1-2H3/b16-13+. The smallest absolute Gasteiger partial charge is 0.343 e. The third kappa shape index (κ3) is 3.87. The Morgan fingerprint density at radius 1 is 1.12 bits per heavy atom. The van der Waals surface area contributed by atoms with E-state index >= 15 is 0 Å². The zero-order chi connectivity index (χ0) is 17.7. The van der Waals surface area contributed by atoms with Crippen molar-refractivity contribution in [2.24, 2.45) is 5.16 Å². The van der Waals surface area contributed by atoms with Gasteiger partial charge in [-0.15, -0.1) is 0 Å². The molecule has 1 aromatic carbocycles. The molecule has 0 fully saturated rings. The molecule has 0 saturated heterocycles. The van der Waals surface area contributed by atoms with Crippen molar-refractivity contribution >= 4 is 38.1 Å². The van der Waals surface area contributed by atoms with Gasteiger partial charge in [0.2, 0.25) is 9.84 Å². The van der Waals surface area contributed by atoms with Crippen molar-refractivity contribution in [2.75, 3.05) is 14.1 Å². The average Bonchev–Trinajstić information content (AvgIpc) is 3.10. The van der Waals surface area contributed by atoms with Crippen LogP contribution in [0.4, 0.5) is 0 Å². The zero-order valence-corrected chi connectivity index (χ0v) is 14.5.